The molecule has 0 aromatic heterocycles. The first kappa shape index (κ1) is 26.6. The van der Waals surface area contributed by atoms with Crippen LogP contribution < -0.4 is 19.5 Å². The molecule has 9 nitrogen and oxygen atoms in total. The van der Waals surface area contributed by atoms with Gasteiger partial charge in [0, 0.05) is 37.5 Å². The monoisotopic (exact) mass is 545 g/mol. The SMILES string of the molecule is COCCOc1ccc(S(=O)(=O)NC(=O)C2=CC3C(=C(Cl)C=CC3Nc3cccc(OC)c3)N2C)cc1. The molecule has 2 unspecified atom stereocenters. The number of methoxy groups -OCH3 is 2. The number of fused-ring (bicyclic) bond motifs is 1. The van der Waals surface area contributed by atoms with E-state index in [-0.39, 0.29) is 22.6 Å². The quantitative estimate of drug-likeness (QED) is 0.437. The Labute approximate surface area is 221 Å². The minimum Gasteiger partial charge on any atom is -0.497 e. The van der Waals surface area contributed by atoms with Crippen molar-refractivity contribution in [2.45, 2.75) is 10.9 Å². The number of benzene rings is 2. The molecule has 196 valence electrons. The Morgan fingerprint density at radius 2 is 1.84 bits per heavy atom. The molecule has 1 aliphatic carbocycles. The summed E-state index contributed by atoms with van der Waals surface area (Å²) in [5.74, 6) is 0.154. The number of sulfonamides is 1. The smallest absolute Gasteiger partial charge is 0.281 e. The molecule has 1 heterocycles. The van der Waals surface area contributed by atoms with E-state index in [9.17, 15) is 13.2 Å². The number of likely N-dealkylation sites (N-methyl/N-ethyl adjacent to an activating group) is 1. The van der Waals surface area contributed by atoms with E-state index in [4.69, 9.17) is 25.8 Å². The third-order valence-corrected chi connectivity index (χ3v) is 7.68. The number of anilines is 1. The summed E-state index contributed by atoms with van der Waals surface area (Å²) in [5, 5.41) is 3.90. The van der Waals surface area contributed by atoms with E-state index < -0.39 is 15.9 Å². The number of halogens is 1. The Balaban J connectivity index is 1.50. The van der Waals surface area contributed by atoms with Gasteiger partial charge < -0.3 is 24.4 Å². The van der Waals surface area contributed by atoms with E-state index in [2.05, 4.69) is 10.0 Å². The summed E-state index contributed by atoms with van der Waals surface area (Å²) in [5.41, 5.74) is 1.71. The zero-order valence-electron chi connectivity index (χ0n) is 20.6. The van der Waals surface area contributed by atoms with Gasteiger partial charge in [0.25, 0.3) is 15.9 Å². The van der Waals surface area contributed by atoms with Crippen LogP contribution in [-0.2, 0) is 19.6 Å². The Bertz CT molecular complexity index is 1350. The predicted octanol–water partition coefficient (Wildman–Crippen LogP) is 3.47. The number of hydrogen-bond donors (Lipinski definition) is 2. The van der Waals surface area contributed by atoms with Crippen LogP contribution in [0.5, 0.6) is 11.5 Å². The third kappa shape index (κ3) is 5.93. The first-order valence-electron chi connectivity index (χ1n) is 11.5. The van der Waals surface area contributed by atoms with Crippen LogP contribution in [0.25, 0.3) is 0 Å². The van der Waals surface area contributed by atoms with E-state index >= 15 is 0 Å². The number of nitrogens with one attached hydrogen (secondary N) is 2. The highest BCUT2D eigenvalue weighted by atomic mass is 35.5. The number of amides is 1. The molecule has 2 N–H and O–H groups in total. The lowest BCUT2D eigenvalue weighted by Gasteiger charge is -2.29. The second-order valence-corrected chi connectivity index (χ2v) is 10.5. The zero-order valence-corrected chi connectivity index (χ0v) is 22.2. The van der Waals surface area contributed by atoms with Gasteiger partial charge in [-0.1, -0.05) is 23.7 Å². The summed E-state index contributed by atoms with van der Waals surface area (Å²) in [6, 6.07) is 13.1. The highest BCUT2D eigenvalue weighted by molar-refractivity contribution is 7.90. The summed E-state index contributed by atoms with van der Waals surface area (Å²) < 4.78 is 43.7. The molecule has 0 saturated heterocycles. The number of nitrogens with zero attached hydrogens (tertiary/aromatic N) is 1. The molecule has 11 heteroatoms. The Morgan fingerprint density at radius 1 is 1.08 bits per heavy atom. The maximum atomic E-state index is 13.1. The van der Waals surface area contributed by atoms with Gasteiger partial charge in [0.1, 0.15) is 23.8 Å². The number of carbonyl (C=O) groups is 1. The van der Waals surface area contributed by atoms with Gasteiger partial charge in [0.05, 0.1) is 29.7 Å². The van der Waals surface area contributed by atoms with Crippen molar-refractivity contribution < 1.29 is 27.4 Å². The largest absolute Gasteiger partial charge is 0.497 e. The van der Waals surface area contributed by atoms with Gasteiger partial charge in [-0.15, -0.1) is 0 Å². The topological polar surface area (TPSA) is 106 Å². The van der Waals surface area contributed by atoms with Crippen LogP contribution in [0.4, 0.5) is 5.69 Å². The normalized spacial score (nSPS) is 18.8. The molecule has 2 aromatic carbocycles. The van der Waals surface area contributed by atoms with Crippen LogP contribution in [-0.4, -0.2) is 59.7 Å². The minimum absolute atomic E-state index is 0.0601. The van der Waals surface area contributed by atoms with Crippen LogP contribution in [0.3, 0.4) is 0 Å². The lowest BCUT2D eigenvalue weighted by Crippen LogP contribution is -2.36. The lowest BCUT2D eigenvalue weighted by molar-refractivity contribution is -0.116. The molecule has 4 rings (SSSR count). The molecule has 0 radical (unpaired) electrons. The first-order valence-corrected chi connectivity index (χ1v) is 13.3. The van der Waals surface area contributed by atoms with Crippen molar-refractivity contribution in [2.75, 3.05) is 39.8 Å². The first-order chi connectivity index (χ1) is 17.7. The molecule has 0 fully saturated rings. The summed E-state index contributed by atoms with van der Waals surface area (Å²) in [7, 11) is 0.722. The summed E-state index contributed by atoms with van der Waals surface area (Å²) in [6.07, 6.45) is 5.40. The second-order valence-electron chi connectivity index (χ2n) is 8.38. The maximum absolute atomic E-state index is 13.1. The number of carbonyl (C=O) groups excluding carboxylic acids is 1. The van der Waals surface area contributed by atoms with Gasteiger partial charge in [-0.3, -0.25) is 4.79 Å². The number of rotatable bonds is 10. The van der Waals surface area contributed by atoms with Crippen molar-refractivity contribution >= 4 is 33.2 Å². The van der Waals surface area contributed by atoms with Crippen molar-refractivity contribution in [3.63, 3.8) is 0 Å². The lowest BCUT2D eigenvalue weighted by atomic mass is 9.92. The molecule has 2 atom stereocenters. The number of ether oxygens (including phenoxy) is 3. The van der Waals surface area contributed by atoms with Crippen molar-refractivity contribution in [3.8, 4) is 11.5 Å². The van der Waals surface area contributed by atoms with E-state index in [1.54, 1.807) is 38.3 Å². The van der Waals surface area contributed by atoms with Crippen molar-refractivity contribution in [1.29, 1.82) is 0 Å². The highest BCUT2D eigenvalue weighted by Gasteiger charge is 2.38. The van der Waals surface area contributed by atoms with Gasteiger partial charge in [0.15, 0.2) is 0 Å². The Morgan fingerprint density at radius 3 is 2.54 bits per heavy atom. The highest BCUT2D eigenvalue weighted by Crippen LogP contribution is 2.40. The summed E-state index contributed by atoms with van der Waals surface area (Å²) in [6.45, 7) is 0.744. The van der Waals surface area contributed by atoms with Crippen molar-refractivity contribution in [3.05, 3.63) is 83.2 Å². The average Bonchev–Trinajstić information content (AvgIpc) is 3.24. The van der Waals surface area contributed by atoms with E-state index in [1.807, 2.05) is 30.3 Å². The maximum Gasteiger partial charge on any atom is 0.281 e. The van der Waals surface area contributed by atoms with Gasteiger partial charge in [0.2, 0.25) is 0 Å². The predicted molar refractivity (Wildman–Crippen MR) is 141 cm³/mol. The molecular weight excluding hydrogens is 518 g/mol. The van der Waals surface area contributed by atoms with Gasteiger partial charge >= 0.3 is 0 Å². The molecule has 0 spiro atoms. The Kier molecular flexibility index (Phi) is 8.11. The van der Waals surface area contributed by atoms with Crippen LogP contribution in [0.2, 0.25) is 0 Å². The second kappa shape index (κ2) is 11.3. The van der Waals surface area contributed by atoms with E-state index in [0.29, 0.717) is 35.4 Å². The fraction of sp³-hybridized carbons (Fsp3) is 0.269. The van der Waals surface area contributed by atoms with Gasteiger partial charge in [-0.25, -0.2) is 13.1 Å². The molecule has 1 amide bonds. The molecule has 1 aliphatic heterocycles. The molecule has 0 saturated carbocycles. The van der Waals surface area contributed by atoms with Crippen LogP contribution in [0.15, 0.2) is 88.1 Å². The van der Waals surface area contributed by atoms with Gasteiger partial charge in [-0.2, -0.15) is 0 Å². The standard InChI is InChI=1S/C26H28ClN3O6S/c1-30-24(26(31)29-37(32,33)20-9-7-18(8-10-20)36-14-13-34-2)16-21-23(12-11-22(27)25(21)30)28-17-5-4-6-19(15-17)35-3/h4-12,15-16,21,23,28H,13-14H2,1-3H3,(H,29,31). The van der Waals surface area contributed by atoms with Crippen molar-refractivity contribution in [2.24, 2.45) is 5.92 Å². The minimum atomic E-state index is -4.12. The van der Waals surface area contributed by atoms with E-state index in [1.165, 1.54) is 24.3 Å². The van der Waals surface area contributed by atoms with Crippen LogP contribution in [0.1, 0.15) is 0 Å². The zero-order chi connectivity index (χ0) is 26.6. The number of hydrogen-bond acceptors (Lipinski definition) is 8. The third-order valence-electron chi connectivity index (χ3n) is 6.01. The van der Waals surface area contributed by atoms with Crippen LogP contribution >= 0.6 is 11.6 Å². The molecule has 2 aromatic rings. The van der Waals surface area contributed by atoms with Gasteiger partial charge in [-0.05, 0) is 48.6 Å². The molecule has 37 heavy (non-hydrogen) atoms. The summed E-state index contributed by atoms with van der Waals surface area (Å²) >= 11 is 6.49. The molecule has 0 bridgehead atoms. The fourth-order valence-corrected chi connectivity index (χ4v) is 5.45. The summed E-state index contributed by atoms with van der Waals surface area (Å²) in [4.78, 5) is 14.7. The molecule has 2 aliphatic rings. The van der Waals surface area contributed by atoms with Crippen molar-refractivity contribution in [1.82, 2.24) is 9.62 Å². The molecular formula is C26H28ClN3O6S. The van der Waals surface area contributed by atoms with E-state index in [0.717, 1.165) is 5.69 Å². The average molecular weight is 546 g/mol. The Hall–Kier alpha value is -3.47. The fourth-order valence-electron chi connectivity index (χ4n) is 4.16. The van der Waals surface area contributed by atoms with Crippen LogP contribution in [0, 0.1) is 5.92 Å². The number of allylic oxidation sites excluding steroid dienone is 2.